The molecular weight excluding hydrogens is 237 g/mol. The predicted molar refractivity (Wildman–Crippen MR) is 76.6 cm³/mol. The number of hydrogen-bond donors (Lipinski definition) is 1. The van der Waals surface area contributed by atoms with E-state index in [1.807, 2.05) is 25.2 Å². The van der Waals surface area contributed by atoms with Gasteiger partial charge in [-0.2, -0.15) is 0 Å². The molecule has 3 rings (SSSR count). The third-order valence-corrected chi connectivity index (χ3v) is 3.99. The first-order chi connectivity index (χ1) is 9.29. The molecule has 0 aliphatic heterocycles. The van der Waals surface area contributed by atoms with Gasteiger partial charge in [-0.3, -0.25) is 0 Å². The standard InChI is InChI=1S/C17H18FN/c1-19-17-8-4-5-12-9-10-13(11-15(12)17)14-6-2-3-7-16(14)18/h2-3,6-7,9-11,17,19H,4-5,8H2,1H3. The van der Waals surface area contributed by atoms with Gasteiger partial charge in [0.2, 0.25) is 0 Å². The Hall–Kier alpha value is -1.67. The highest BCUT2D eigenvalue weighted by Crippen LogP contribution is 2.33. The van der Waals surface area contributed by atoms with Crippen molar-refractivity contribution in [2.75, 3.05) is 7.05 Å². The van der Waals surface area contributed by atoms with Crippen LogP contribution in [0.1, 0.15) is 30.0 Å². The predicted octanol–water partition coefficient (Wildman–Crippen LogP) is 4.09. The highest BCUT2D eigenvalue weighted by molar-refractivity contribution is 5.66. The molecule has 1 N–H and O–H groups in total. The van der Waals surface area contributed by atoms with E-state index in [-0.39, 0.29) is 5.82 Å². The molecule has 0 fully saturated rings. The molecule has 1 atom stereocenters. The highest BCUT2D eigenvalue weighted by Gasteiger charge is 2.19. The van der Waals surface area contributed by atoms with Gasteiger partial charge in [-0.25, -0.2) is 4.39 Å². The third kappa shape index (κ3) is 2.28. The minimum atomic E-state index is -0.153. The van der Waals surface area contributed by atoms with Crippen LogP contribution in [0.15, 0.2) is 42.5 Å². The minimum Gasteiger partial charge on any atom is -0.313 e. The summed E-state index contributed by atoms with van der Waals surface area (Å²) in [5, 5.41) is 3.36. The molecule has 0 spiro atoms. The van der Waals surface area contributed by atoms with E-state index in [4.69, 9.17) is 0 Å². The number of hydrogen-bond acceptors (Lipinski definition) is 1. The van der Waals surface area contributed by atoms with Gasteiger partial charge in [0.15, 0.2) is 0 Å². The monoisotopic (exact) mass is 255 g/mol. The van der Waals surface area contributed by atoms with Crippen molar-refractivity contribution >= 4 is 0 Å². The van der Waals surface area contributed by atoms with Crippen LogP contribution < -0.4 is 5.32 Å². The van der Waals surface area contributed by atoms with Crippen molar-refractivity contribution in [3.8, 4) is 11.1 Å². The third-order valence-electron chi connectivity index (χ3n) is 3.99. The largest absolute Gasteiger partial charge is 0.313 e. The van der Waals surface area contributed by atoms with E-state index in [2.05, 4.69) is 17.4 Å². The van der Waals surface area contributed by atoms with Crippen molar-refractivity contribution < 1.29 is 4.39 Å². The molecule has 0 aromatic heterocycles. The molecule has 2 aromatic carbocycles. The summed E-state index contributed by atoms with van der Waals surface area (Å²) in [6, 6.07) is 13.7. The summed E-state index contributed by atoms with van der Waals surface area (Å²) in [5.41, 5.74) is 4.38. The lowest BCUT2D eigenvalue weighted by atomic mass is 9.85. The molecule has 0 bridgehead atoms. The maximum Gasteiger partial charge on any atom is 0.131 e. The molecule has 2 aromatic rings. The Morgan fingerprint density at radius 3 is 2.79 bits per heavy atom. The minimum absolute atomic E-state index is 0.153. The molecule has 1 unspecified atom stereocenters. The van der Waals surface area contributed by atoms with Crippen LogP contribution in [0, 0.1) is 5.82 Å². The second kappa shape index (κ2) is 5.14. The number of rotatable bonds is 2. The summed E-state index contributed by atoms with van der Waals surface area (Å²) in [7, 11) is 2.00. The zero-order valence-corrected chi connectivity index (χ0v) is 11.1. The van der Waals surface area contributed by atoms with Crippen LogP contribution in [0.2, 0.25) is 0 Å². The van der Waals surface area contributed by atoms with Crippen molar-refractivity contribution in [1.29, 1.82) is 0 Å². The average Bonchev–Trinajstić information content (AvgIpc) is 2.46. The Labute approximate surface area is 113 Å². The van der Waals surface area contributed by atoms with E-state index in [1.165, 1.54) is 23.6 Å². The number of benzene rings is 2. The zero-order chi connectivity index (χ0) is 13.2. The Morgan fingerprint density at radius 2 is 2.00 bits per heavy atom. The lowest BCUT2D eigenvalue weighted by molar-refractivity contribution is 0.497. The van der Waals surface area contributed by atoms with Crippen molar-refractivity contribution in [3.05, 3.63) is 59.4 Å². The van der Waals surface area contributed by atoms with E-state index in [9.17, 15) is 4.39 Å². The molecule has 98 valence electrons. The molecule has 1 nitrogen and oxygen atoms in total. The van der Waals surface area contributed by atoms with Gasteiger partial charge in [0.1, 0.15) is 5.82 Å². The van der Waals surface area contributed by atoms with Crippen LogP contribution >= 0.6 is 0 Å². The molecular formula is C17H18FN. The quantitative estimate of drug-likeness (QED) is 0.852. The second-order valence-corrected chi connectivity index (χ2v) is 5.13. The molecule has 0 amide bonds. The smallest absolute Gasteiger partial charge is 0.131 e. The molecule has 2 heteroatoms. The second-order valence-electron chi connectivity index (χ2n) is 5.13. The zero-order valence-electron chi connectivity index (χ0n) is 11.1. The lowest BCUT2D eigenvalue weighted by Gasteiger charge is -2.25. The number of halogens is 1. The van der Waals surface area contributed by atoms with Gasteiger partial charge < -0.3 is 5.32 Å². The van der Waals surface area contributed by atoms with Crippen molar-refractivity contribution in [2.24, 2.45) is 0 Å². The Balaban J connectivity index is 2.08. The summed E-state index contributed by atoms with van der Waals surface area (Å²) in [6.07, 6.45) is 3.51. The lowest BCUT2D eigenvalue weighted by Crippen LogP contribution is -2.21. The molecule has 19 heavy (non-hydrogen) atoms. The first-order valence-electron chi connectivity index (χ1n) is 6.84. The Morgan fingerprint density at radius 1 is 1.16 bits per heavy atom. The van der Waals surface area contributed by atoms with Crippen LogP contribution in [0.4, 0.5) is 4.39 Å². The average molecular weight is 255 g/mol. The molecule has 1 aliphatic carbocycles. The van der Waals surface area contributed by atoms with E-state index in [1.54, 1.807) is 6.07 Å². The van der Waals surface area contributed by atoms with Crippen LogP contribution in [0.5, 0.6) is 0 Å². The van der Waals surface area contributed by atoms with Crippen molar-refractivity contribution in [2.45, 2.75) is 25.3 Å². The molecule has 0 radical (unpaired) electrons. The van der Waals surface area contributed by atoms with Gasteiger partial charge in [-0.1, -0.05) is 30.3 Å². The van der Waals surface area contributed by atoms with Crippen LogP contribution in [-0.4, -0.2) is 7.05 Å². The summed E-state index contributed by atoms with van der Waals surface area (Å²) in [5.74, 6) is -0.153. The Kier molecular flexibility index (Phi) is 3.34. The number of aryl methyl sites for hydroxylation is 1. The van der Waals surface area contributed by atoms with Gasteiger partial charge in [-0.05, 0) is 55.1 Å². The van der Waals surface area contributed by atoms with E-state index in [0.717, 1.165) is 18.4 Å². The van der Waals surface area contributed by atoms with Crippen molar-refractivity contribution in [3.63, 3.8) is 0 Å². The van der Waals surface area contributed by atoms with E-state index < -0.39 is 0 Å². The van der Waals surface area contributed by atoms with E-state index >= 15 is 0 Å². The maximum absolute atomic E-state index is 13.9. The first-order valence-corrected chi connectivity index (χ1v) is 6.84. The summed E-state index contributed by atoms with van der Waals surface area (Å²) < 4.78 is 13.9. The fraction of sp³-hybridized carbons (Fsp3) is 0.294. The van der Waals surface area contributed by atoms with Crippen LogP contribution in [-0.2, 0) is 6.42 Å². The van der Waals surface area contributed by atoms with Gasteiger partial charge in [-0.15, -0.1) is 0 Å². The van der Waals surface area contributed by atoms with Crippen LogP contribution in [0.3, 0.4) is 0 Å². The van der Waals surface area contributed by atoms with Gasteiger partial charge >= 0.3 is 0 Å². The normalized spacial score (nSPS) is 18.1. The topological polar surface area (TPSA) is 12.0 Å². The van der Waals surface area contributed by atoms with Crippen LogP contribution in [0.25, 0.3) is 11.1 Å². The Bertz CT molecular complexity index is 592. The van der Waals surface area contributed by atoms with E-state index in [0.29, 0.717) is 11.6 Å². The molecule has 0 saturated carbocycles. The van der Waals surface area contributed by atoms with Gasteiger partial charge in [0.05, 0.1) is 0 Å². The highest BCUT2D eigenvalue weighted by atomic mass is 19.1. The van der Waals surface area contributed by atoms with Gasteiger partial charge in [0.25, 0.3) is 0 Å². The fourth-order valence-corrected chi connectivity index (χ4v) is 2.96. The summed E-state index contributed by atoms with van der Waals surface area (Å²) >= 11 is 0. The SMILES string of the molecule is CNC1CCCc2ccc(-c3ccccc3F)cc21. The summed E-state index contributed by atoms with van der Waals surface area (Å²) in [6.45, 7) is 0. The number of fused-ring (bicyclic) bond motifs is 1. The van der Waals surface area contributed by atoms with Crippen molar-refractivity contribution in [1.82, 2.24) is 5.32 Å². The molecule has 0 saturated heterocycles. The van der Waals surface area contributed by atoms with Gasteiger partial charge in [0, 0.05) is 11.6 Å². The first kappa shape index (κ1) is 12.4. The molecule has 1 aliphatic rings. The summed E-state index contributed by atoms with van der Waals surface area (Å²) in [4.78, 5) is 0. The maximum atomic E-state index is 13.9. The molecule has 0 heterocycles. The number of nitrogens with one attached hydrogen (secondary N) is 1. The fourth-order valence-electron chi connectivity index (χ4n) is 2.96.